The maximum absolute atomic E-state index is 13.4. The minimum Gasteiger partial charge on any atom is -0.327 e. The van der Waals surface area contributed by atoms with Crippen LogP contribution in [0.15, 0.2) is 29.8 Å². The monoisotopic (exact) mass is 254 g/mol. The van der Waals surface area contributed by atoms with Gasteiger partial charge in [0.15, 0.2) is 0 Å². The van der Waals surface area contributed by atoms with E-state index in [1.165, 1.54) is 23.5 Å². The summed E-state index contributed by atoms with van der Waals surface area (Å²) in [7, 11) is 0. The van der Waals surface area contributed by atoms with E-state index in [4.69, 9.17) is 5.73 Å². The van der Waals surface area contributed by atoms with Gasteiger partial charge in [0, 0.05) is 30.1 Å². The Kier molecular flexibility index (Phi) is 3.81. The molecule has 0 bridgehead atoms. The van der Waals surface area contributed by atoms with Crippen LogP contribution in [-0.2, 0) is 12.8 Å². The van der Waals surface area contributed by atoms with Gasteiger partial charge in [-0.25, -0.2) is 13.8 Å². The van der Waals surface area contributed by atoms with Gasteiger partial charge in [-0.3, -0.25) is 0 Å². The molecule has 0 fully saturated rings. The first-order chi connectivity index (χ1) is 8.15. The van der Waals surface area contributed by atoms with Gasteiger partial charge in [0.1, 0.15) is 11.6 Å². The van der Waals surface area contributed by atoms with Crippen molar-refractivity contribution in [1.29, 1.82) is 0 Å². The molecular formula is C12H12F2N2S. The van der Waals surface area contributed by atoms with E-state index in [9.17, 15) is 8.78 Å². The topological polar surface area (TPSA) is 38.9 Å². The predicted octanol–water partition coefficient (Wildman–Crippen LogP) is 2.53. The molecule has 1 unspecified atom stereocenters. The number of halogens is 2. The Hall–Kier alpha value is -1.33. The first-order valence-corrected chi connectivity index (χ1v) is 6.11. The Balaban J connectivity index is 2.00. The molecule has 1 heterocycles. The highest BCUT2D eigenvalue weighted by atomic mass is 32.1. The van der Waals surface area contributed by atoms with Crippen LogP contribution in [-0.4, -0.2) is 11.0 Å². The van der Waals surface area contributed by atoms with Crippen LogP contribution in [0.1, 0.15) is 10.6 Å². The number of nitrogens with two attached hydrogens (primary N) is 1. The van der Waals surface area contributed by atoms with Crippen LogP contribution in [0.3, 0.4) is 0 Å². The Labute approximate surface area is 102 Å². The number of rotatable bonds is 4. The summed E-state index contributed by atoms with van der Waals surface area (Å²) in [6.07, 6.45) is 2.70. The van der Waals surface area contributed by atoms with Crippen molar-refractivity contribution in [2.45, 2.75) is 18.9 Å². The van der Waals surface area contributed by atoms with Crippen molar-refractivity contribution in [2.24, 2.45) is 5.73 Å². The number of thiazole rings is 1. The second-order valence-corrected chi connectivity index (χ2v) is 4.81. The van der Waals surface area contributed by atoms with Gasteiger partial charge >= 0.3 is 0 Å². The summed E-state index contributed by atoms with van der Waals surface area (Å²) in [5, 5.41) is 2.81. The number of nitrogens with zero attached hydrogens (tertiary/aromatic N) is 1. The van der Waals surface area contributed by atoms with E-state index < -0.39 is 11.6 Å². The molecule has 2 rings (SSSR count). The largest absolute Gasteiger partial charge is 0.327 e. The minimum absolute atomic E-state index is 0.207. The van der Waals surface area contributed by atoms with Crippen LogP contribution in [0.5, 0.6) is 0 Å². The molecule has 90 valence electrons. The molecule has 2 nitrogen and oxygen atoms in total. The third-order valence-corrected chi connectivity index (χ3v) is 3.22. The highest BCUT2D eigenvalue weighted by molar-refractivity contribution is 7.09. The molecule has 2 N–H and O–H groups in total. The first kappa shape index (κ1) is 12.1. The second kappa shape index (κ2) is 5.33. The lowest BCUT2D eigenvalue weighted by molar-refractivity contribution is 0.558. The van der Waals surface area contributed by atoms with Crippen LogP contribution in [0, 0.1) is 11.6 Å². The molecule has 1 aromatic heterocycles. The van der Waals surface area contributed by atoms with Crippen molar-refractivity contribution in [2.75, 3.05) is 0 Å². The Morgan fingerprint density at radius 2 is 2.12 bits per heavy atom. The van der Waals surface area contributed by atoms with E-state index in [2.05, 4.69) is 4.98 Å². The number of hydrogen-bond acceptors (Lipinski definition) is 3. The van der Waals surface area contributed by atoms with Crippen LogP contribution >= 0.6 is 11.3 Å². The second-order valence-electron chi connectivity index (χ2n) is 3.83. The third kappa shape index (κ3) is 3.31. The summed E-state index contributed by atoms with van der Waals surface area (Å²) in [5.74, 6) is -1.11. The average molecular weight is 254 g/mol. The van der Waals surface area contributed by atoms with Gasteiger partial charge in [0.05, 0.1) is 5.01 Å². The molecule has 0 radical (unpaired) electrons. The molecule has 0 saturated heterocycles. The molecule has 0 saturated carbocycles. The van der Waals surface area contributed by atoms with Gasteiger partial charge < -0.3 is 5.73 Å². The van der Waals surface area contributed by atoms with Crippen molar-refractivity contribution >= 4 is 11.3 Å². The number of aromatic nitrogens is 1. The zero-order valence-corrected chi connectivity index (χ0v) is 9.88. The van der Waals surface area contributed by atoms with Gasteiger partial charge in [-0.15, -0.1) is 11.3 Å². The summed E-state index contributed by atoms with van der Waals surface area (Å²) >= 11 is 1.52. The summed E-state index contributed by atoms with van der Waals surface area (Å²) in [4.78, 5) is 4.12. The molecule has 0 spiro atoms. The number of hydrogen-bond donors (Lipinski definition) is 1. The minimum atomic E-state index is -0.570. The molecule has 2 aromatic rings. The van der Waals surface area contributed by atoms with Crippen molar-refractivity contribution in [3.05, 3.63) is 52.0 Å². The lowest BCUT2D eigenvalue weighted by Gasteiger charge is -2.10. The van der Waals surface area contributed by atoms with E-state index in [0.717, 1.165) is 11.1 Å². The van der Waals surface area contributed by atoms with Crippen LogP contribution in [0.25, 0.3) is 0 Å². The summed E-state index contributed by atoms with van der Waals surface area (Å²) in [5.41, 5.74) is 6.35. The van der Waals surface area contributed by atoms with Crippen molar-refractivity contribution in [3.63, 3.8) is 0 Å². The highest BCUT2D eigenvalue weighted by Crippen LogP contribution is 2.14. The normalized spacial score (nSPS) is 12.6. The lowest BCUT2D eigenvalue weighted by Crippen LogP contribution is -2.25. The quantitative estimate of drug-likeness (QED) is 0.910. The lowest BCUT2D eigenvalue weighted by atomic mass is 10.0. The average Bonchev–Trinajstić information content (AvgIpc) is 2.75. The van der Waals surface area contributed by atoms with Crippen molar-refractivity contribution in [1.82, 2.24) is 4.98 Å². The van der Waals surface area contributed by atoms with E-state index in [-0.39, 0.29) is 6.04 Å². The van der Waals surface area contributed by atoms with E-state index in [1.54, 1.807) is 6.20 Å². The SMILES string of the molecule is NC(Cc1nccs1)Cc1ccc(F)cc1F. The van der Waals surface area contributed by atoms with Crippen molar-refractivity contribution in [3.8, 4) is 0 Å². The predicted molar refractivity (Wildman–Crippen MR) is 63.9 cm³/mol. The zero-order valence-electron chi connectivity index (χ0n) is 9.07. The van der Waals surface area contributed by atoms with Crippen molar-refractivity contribution < 1.29 is 8.78 Å². The molecule has 0 aliphatic rings. The molecular weight excluding hydrogens is 242 g/mol. The van der Waals surface area contributed by atoms with Crippen LogP contribution in [0.2, 0.25) is 0 Å². The smallest absolute Gasteiger partial charge is 0.129 e. The molecule has 5 heteroatoms. The van der Waals surface area contributed by atoms with Gasteiger partial charge in [-0.1, -0.05) is 6.07 Å². The standard InChI is InChI=1S/C12H12F2N2S/c13-9-2-1-8(11(14)6-9)5-10(15)7-12-16-3-4-17-12/h1-4,6,10H,5,7,15H2. The van der Waals surface area contributed by atoms with E-state index in [0.29, 0.717) is 18.4 Å². The first-order valence-electron chi connectivity index (χ1n) is 5.23. The Bertz CT molecular complexity index is 485. The fraction of sp³-hybridized carbons (Fsp3) is 0.250. The third-order valence-electron chi connectivity index (χ3n) is 2.42. The highest BCUT2D eigenvalue weighted by Gasteiger charge is 2.11. The Morgan fingerprint density at radius 3 is 2.76 bits per heavy atom. The molecule has 0 amide bonds. The fourth-order valence-electron chi connectivity index (χ4n) is 1.62. The molecule has 1 atom stereocenters. The van der Waals surface area contributed by atoms with Gasteiger partial charge in [-0.05, 0) is 18.1 Å². The van der Waals surface area contributed by atoms with Gasteiger partial charge in [0.2, 0.25) is 0 Å². The van der Waals surface area contributed by atoms with Crippen LogP contribution < -0.4 is 5.73 Å². The maximum atomic E-state index is 13.4. The molecule has 17 heavy (non-hydrogen) atoms. The van der Waals surface area contributed by atoms with Crippen LogP contribution in [0.4, 0.5) is 8.78 Å². The van der Waals surface area contributed by atoms with Gasteiger partial charge in [0.25, 0.3) is 0 Å². The summed E-state index contributed by atoms with van der Waals surface area (Å²) in [6.45, 7) is 0. The molecule has 0 aliphatic heterocycles. The summed E-state index contributed by atoms with van der Waals surface area (Å²) < 4.78 is 26.1. The van der Waals surface area contributed by atoms with E-state index in [1.807, 2.05) is 5.38 Å². The fourth-order valence-corrected chi connectivity index (χ4v) is 2.33. The molecule has 0 aliphatic carbocycles. The zero-order chi connectivity index (χ0) is 12.3. The molecule has 1 aromatic carbocycles. The Morgan fingerprint density at radius 1 is 1.29 bits per heavy atom. The van der Waals surface area contributed by atoms with E-state index >= 15 is 0 Å². The number of benzene rings is 1. The summed E-state index contributed by atoms with van der Waals surface area (Å²) in [6, 6.07) is 3.35. The maximum Gasteiger partial charge on any atom is 0.129 e. The van der Waals surface area contributed by atoms with Gasteiger partial charge in [-0.2, -0.15) is 0 Å².